The van der Waals surface area contributed by atoms with Crippen LogP contribution in [0.5, 0.6) is 17.2 Å². The summed E-state index contributed by atoms with van der Waals surface area (Å²) in [5, 5.41) is 29.2. The maximum Gasteiger partial charge on any atom is 0.335 e. The summed E-state index contributed by atoms with van der Waals surface area (Å²) in [6.07, 6.45) is 0. The molecule has 12 heteroatoms. The van der Waals surface area contributed by atoms with Gasteiger partial charge in [0.25, 0.3) is 0 Å². The average Bonchev–Trinajstić information content (AvgIpc) is 2.96. The molecule has 0 saturated heterocycles. The van der Waals surface area contributed by atoms with Gasteiger partial charge in [-0.15, -0.1) is 0 Å². The standard InChI is InChI=1S/C30H30O12/c1-37-25-19-4-16(28(31)32)5-20(25)11-41-13-22-7-18(30(35)36)9-24(27(22)39-3)15-42-14-23-8-17(29(33)34)6-21(12-40-10-19)26(23)38-2/h4-9H,10-15H2,1-3H3,(H,31,32)(H,33,34)(H,35,36). The molecule has 0 radical (unpaired) electrons. The molecule has 0 amide bonds. The van der Waals surface area contributed by atoms with Crippen molar-refractivity contribution in [1.82, 2.24) is 0 Å². The van der Waals surface area contributed by atoms with Crippen molar-refractivity contribution in [2.24, 2.45) is 0 Å². The summed E-state index contributed by atoms with van der Waals surface area (Å²) in [6, 6.07) is 8.58. The van der Waals surface area contributed by atoms with Crippen molar-refractivity contribution < 1.29 is 58.1 Å². The van der Waals surface area contributed by atoms with Gasteiger partial charge in [-0.1, -0.05) is 0 Å². The number of aromatic carboxylic acids is 3. The van der Waals surface area contributed by atoms with Crippen LogP contribution in [0.15, 0.2) is 36.4 Å². The van der Waals surface area contributed by atoms with E-state index in [-0.39, 0.29) is 56.3 Å². The van der Waals surface area contributed by atoms with Crippen LogP contribution in [0.4, 0.5) is 0 Å². The lowest BCUT2D eigenvalue weighted by Crippen LogP contribution is -2.10. The number of carboxylic acids is 3. The fourth-order valence-corrected chi connectivity index (χ4v) is 4.88. The zero-order chi connectivity index (χ0) is 30.4. The van der Waals surface area contributed by atoms with E-state index in [0.29, 0.717) is 50.6 Å². The van der Waals surface area contributed by atoms with E-state index >= 15 is 0 Å². The van der Waals surface area contributed by atoms with Crippen LogP contribution >= 0.6 is 0 Å². The van der Waals surface area contributed by atoms with Gasteiger partial charge < -0.3 is 43.7 Å². The van der Waals surface area contributed by atoms with Crippen LogP contribution in [0.2, 0.25) is 0 Å². The molecule has 12 nitrogen and oxygen atoms in total. The molecule has 4 rings (SSSR count). The van der Waals surface area contributed by atoms with Gasteiger partial charge in [-0.2, -0.15) is 0 Å². The number of hydrogen-bond acceptors (Lipinski definition) is 9. The zero-order valence-corrected chi connectivity index (χ0v) is 23.2. The summed E-state index contributed by atoms with van der Waals surface area (Å²) in [7, 11) is 4.31. The highest BCUT2D eigenvalue weighted by Gasteiger charge is 2.21. The lowest BCUT2D eigenvalue weighted by Gasteiger charge is -2.19. The van der Waals surface area contributed by atoms with E-state index in [9.17, 15) is 29.7 Å². The van der Waals surface area contributed by atoms with Gasteiger partial charge in [-0.3, -0.25) is 0 Å². The van der Waals surface area contributed by atoms with E-state index in [1.165, 1.54) is 57.7 Å². The van der Waals surface area contributed by atoms with Crippen molar-refractivity contribution in [2.45, 2.75) is 39.6 Å². The lowest BCUT2D eigenvalue weighted by atomic mass is 10.0. The van der Waals surface area contributed by atoms with Crippen molar-refractivity contribution in [2.75, 3.05) is 21.3 Å². The Morgan fingerprint density at radius 3 is 0.810 bits per heavy atom. The van der Waals surface area contributed by atoms with Crippen LogP contribution in [0.25, 0.3) is 0 Å². The average molecular weight is 583 g/mol. The first kappa shape index (κ1) is 30.3. The normalized spacial score (nSPS) is 13.8. The van der Waals surface area contributed by atoms with Crippen molar-refractivity contribution in [1.29, 1.82) is 0 Å². The van der Waals surface area contributed by atoms with E-state index in [1.54, 1.807) is 0 Å². The number of carboxylic acid groups (broad SMARTS) is 3. The third-order valence-corrected chi connectivity index (χ3v) is 6.63. The van der Waals surface area contributed by atoms with Crippen molar-refractivity contribution >= 4 is 17.9 Å². The molecule has 0 aromatic heterocycles. The first-order valence-corrected chi connectivity index (χ1v) is 12.7. The molecule has 0 aliphatic carbocycles. The minimum Gasteiger partial charge on any atom is -0.496 e. The molecule has 0 spiro atoms. The van der Waals surface area contributed by atoms with E-state index in [4.69, 9.17) is 28.4 Å². The summed E-state index contributed by atoms with van der Waals surface area (Å²) in [5.41, 5.74) is 2.55. The van der Waals surface area contributed by atoms with Gasteiger partial charge in [0.15, 0.2) is 0 Å². The van der Waals surface area contributed by atoms with Crippen LogP contribution in [-0.2, 0) is 53.9 Å². The SMILES string of the molecule is COc1c2cc(C(=O)O)cc1COCc1cc(C(=O)O)cc(c1OC)COCc1cc(C(=O)O)cc(c1OC)COC2. The maximum atomic E-state index is 11.9. The molecule has 42 heavy (non-hydrogen) atoms. The van der Waals surface area contributed by atoms with Crippen LogP contribution in [0, 0.1) is 0 Å². The first-order valence-electron chi connectivity index (χ1n) is 12.7. The highest BCUT2D eigenvalue weighted by atomic mass is 16.5. The molecule has 6 bridgehead atoms. The highest BCUT2D eigenvalue weighted by molar-refractivity contribution is 5.89. The van der Waals surface area contributed by atoms with Gasteiger partial charge in [-0.05, 0) is 36.4 Å². The van der Waals surface area contributed by atoms with Gasteiger partial charge >= 0.3 is 17.9 Å². The van der Waals surface area contributed by atoms with Gasteiger partial charge in [-0.25, -0.2) is 14.4 Å². The molecule has 0 fully saturated rings. The molecule has 3 aromatic rings. The molecule has 0 atom stereocenters. The molecular weight excluding hydrogens is 552 g/mol. The lowest BCUT2D eigenvalue weighted by molar-refractivity contribution is 0.0685. The van der Waals surface area contributed by atoms with E-state index < -0.39 is 17.9 Å². The smallest absolute Gasteiger partial charge is 0.335 e. The van der Waals surface area contributed by atoms with Crippen LogP contribution in [-0.4, -0.2) is 54.6 Å². The van der Waals surface area contributed by atoms with Gasteiger partial charge in [0.1, 0.15) is 17.2 Å². The number of ether oxygens (including phenoxy) is 6. The molecule has 3 aromatic carbocycles. The van der Waals surface area contributed by atoms with Crippen LogP contribution < -0.4 is 14.2 Å². The topological polar surface area (TPSA) is 167 Å². The number of rotatable bonds is 6. The van der Waals surface area contributed by atoms with Gasteiger partial charge in [0.2, 0.25) is 0 Å². The predicted octanol–water partition coefficient (Wildman–Crippen LogP) is 4.27. The van der Waals surface area contributed by atoms with E-state index in [1.807, 2.05) is 0 Å². The Hall–Kier alpha value is -4.65. The van der Waals surface area contributed by atoms with Crippen molar-refractivity contribution in [3.63, 3.8) is 0 Å². The van der Waals surface area contributed by atoms with Gasteiger partial charge in [0.05, 0.1) is 77.7 Å². The molecule has 0 saturated carbocycles. The first-order chi connectivity index (χ1) is 20.2. The molecule has 1 aliphatic heterocycles. The van der Waals surface area contributed by atoms with Crippen molar-refractivity contribution in [3.05, 3.63) is 86.5 Å². The summed E-state index contributed by atoms with van der Waals surface area (Å²) < 4.78 is 34.5. The third kappa shape index (κ3) is 6.62. The fourth-order valence-electron chi connectivity index (χ4n) is 4.88. The number of carbonyl (C=O) groups is 3. The zero-order valence-electron chi connectivity index (χ0n) is 23.2. The van der Waals surface area contributed by atoms with Crippen LogP contribution in [0.3, 0.4) is 0 Å². The third-order valence-electron chi connectivity index (χ3n) is 6.63. The van der Waals surface area contributed by atoms with E-state index in [0.717, 1.165) is 0 Å². The fraction of sp³-hybridized carbons (Fsp3) is 0.300. The predicted molar refractivity (Wildman–Crippen MR) is 145 cm³/mol. The summed E-state index contributed by atoms with van der Waals surface area (Å²) >= 11 is 0. The Kier molecular flexibility index (Phi) is 9.63. The number of benzene rings is 3. The van der Waals surface area contributed by atoms with Crippen molar-refractivity contribution in [3.8, 4) is 17.2 Å². The number of hydrogen-bond donors (Lipinski definition) is 3. The molecule has 0 unspecified atom stereocenters. The largest absolute Gasteiger partial charge is 0.496 e. The number of fused-ring (bicyclic) bond motifs is 6. The Bertz CT molecular complexity index is 1260. The van der Waals surface area contributed by atoms with Gasteiger partial charge in [0, 0.05) is 33.4 Å². The Morgan fingerprint density at radius 2 is 0.667 bits per heavy atom. The monoisotopic (exact) mass is 582 g/mol. The Balaban J connectivity index is 1.86. The quantitative estimate of drug-likeness (QED) is 0.378. The minimum absolute atomic E-state index is 0.0139. The molecule has 1 heterocycles. The second-order valence-corrected chi connectivity index (χ2v) is 9.38. The van der Waals surface area contributed by atoms with Crippen LogP contribution in [0.1, 0.15) is 64.5 Å². The molecule has 222 valence electrons. The van der Waals surface area contributed by atoms with E-state index in [2.05, 4.69) is 0 Å². The number of methoxy groups -OCH3 is 3. The Morgan fingerprint density at radius 1 is 0.476 bits per heavy atom. The highest BCUT2D eigenvalue weighted by Crippen LogP contribution is 2.33. The summed E-state index contributed by atoms with van der Waals surface area (Å²) in [4.78, 5) is 35.7. The molecule has 1 aliphatic rings. The Labute approximate surface area is 240 Å². The second kappa shape index (κ2) is 13.3. The second-order valence-electron chi connectivity index (χ2n) is 9.38. The summed E-state index contributed by atoms with van der Waals surface area (Å²) in [6.45, 7) is -0.408. The maximum absolute atomic E-state index is 11.9. The molecular formula is C30H30O12. The minimum atomic E-state index is -1.16. The molecule has 3 N–H and O–H groups in total. The summed E-state index contributed by atoms with van der Waals surface area (Å²) in [5.74, 6) is -2.43.